The highest BCUT2D eigenvalue weighted by Gasteiger charge is 2.20. The molecule has 33 heavy (non-hydrogen) atoms. The molecule has 0 aliphatic heterocycles. The van der Waals surface area contributed by atoms with Gasteiger partial charge < -0.3 is 0 Å². The zero-order valence-electron chi connectivity index (χ0n) is 20.7. The topological polar surface area (TPSA) is 0 Å². The van der Waals surface area contributed by atoms with Gasteiger partial charge in [-0.3, -0.25) is 0 Å². The molecular weight excluding hydrogens is 396 g/mol. The minimum absolute atomic E-state index is 0.948. The first-order chi connectivity index (χ1) is 16.2. The number of hydrogen-bond donors (Lipinski definition) is 0. The fourth-order valence-corrected chi connectivity index (χ4v) is 5.63. The second kappa shape index (κ2) is 12.2. The van der Waals surface area contributed by atoms with Crippen LogP contribution in [-0.4, -0.2) is 0 Å². The van der Waals surface area contributed by atoms with Gasteiger partial charge in [-0.1, -0.05) is 119 Å². The lowest BCUT2D eigenvalue weighted by Crippen LogP contribution is -2.15. The number of unbranched alkanes of at least 4 members (excludes halogenated alkanes) is 2. The van der Waals surface area contributed by atoms with Gasteiger partial charge in [0.25, 0.3) is 0 Å². The summed E-state index contributed by atoms with van der Waals surface area (Å²) in [6, 6.07) is 23.1. The Kier molecular flexibility index (Phi) is 8.81. The smallest absolute Gasteiger partial charge is 0.0178 e. The predicted octanol–water partition coefficient (Wildman–Crippen LogP) is 9.94. The maximum atomic E-state index is 3.84. The van der Waals surface area contributed by atoms with Crippen LogP contribution in [0.4, 0.5) is 0 Å². The molecule has 0 bridgehead atoms. The Labute approximate surface area is 202 Å². The third kappa shape index (κ3) is 6.83. The average molecular weight is 439 g/mol. The minimum Gasteiger partial charge on any atom is -0.103 e. The molecule has 0 N–H and O–H groups in total. The van der Waals surface area contributed by atoms with E-state index in [9.17, 15) is 0 Å². The first-order valence-electron chi connectivity index (χ1n) is 13.5. The molecule has 0 nitrogen and oxygen atoms in total. The van der Waals surface area contributed by atoms with Crippen molar-refractivity contribution in [3.8, 4) is 11.1 Å². The van der Waals surface area contributed by atoms with Crippen LogP contribution in [0, 0.1) is 11.8 Å². The largest absolute Gasteiger partial charge is 0.103 e. The lowest BCUT2D eigenvalue weighted by Gasteiger charge is -2.28. The van der Waals surface area contributed by atoms with E-state index in [4.69, 9.17) is 0 Å². The summed E-state index contributed by atoms with van der Waals surface area (Å²) in [4.78, 5) is 0. The lowest BCUT2D eigenvalue weighted by molar-refractivity contribution is 0.249. The SMILES string of the molecule is C=CCCc1ccc2cc(-c3ccc(CCC4CCC(CCCCC)CC4)cc3)ccc2c1. The van der Waals surface area contributed by atoms with Crippen LogP contribution in [0.5, 0.6) is 0 Å². The van der Waals surface area contributed by atoms with E-state index in [1.807, 2.05) is 6.08 Å². The van der Waals surface area contributed by atoms with Gasteiger partial charge in [-0.25, -0.2) is 0 Å². The maximum Gasteiger partial charge on any atom is -0.0178 e. The summed E-state index contributed by atoms with van der Waals surface area (Å²) in [5.41, 5.74) is 5.53. The van der Waals surface area contributed by atoms with Crippen molar-refractivity contribution in [2.45, 2.75) is 84.0 Å². The van der Waals surface area contributed by atoms with Gasteiger partial charge in [-0.05, 0) is 76.6 Å². The van der Waals surface area contributed by atoms with Gasteiger partial charge in [-0.15, -0.1) is 6.58 Å². The Bertz CT molecular complexity index is 1000. The first kappa shape index (κ1) is 23.8. The van der Waals surface area contributed by atoms with Crippen molar-refractivity contribution in [2.24, 2.45) is 11.8 Å². The molecule has 1 saturated carbocycles. The molecule has 174 valence electrons. The number of benzene rings is 3. The molecule has 0 heterocycles. The van der Waals surface area contributed by atoms with E-state index >= 15 is 0 Å². The minimum atomic E-state index is 0.948. The van der Waals surface area contributed by atoms with E-state index in [-0.39, 0.29) is 0 Å². The van der Waals surface area contributed by atoms with Crippen molar-refractivity contribution in [1.29, 1.82) is 0 Å². The molecule has 1 aliphatic carbocycles. The molecular formula is C33H42. The average Bonchev–Trinajstić information content (AvgIpc) is 2.87. The van der Waals surface area contributed by atoms with Crippen molar-refractivity contribution < 1.29 is 0 Å². The van der Waals surface area contributed by atoms with Crippen LogP contribution in [0.2, 0.25) is 0 Å². The number of allylic oxidation sites excluding steroid dienone is 1. The summed E-state index contributed by atoms with van der Waals surface area (Å²) in [6.07, 6.45) is 18.3. The maximum absolute atomic E-state index is 3.84. The standard InChI is InChI=1S/C33H42/c1-3-5-7-9-26-10-12-27(13-11-26)14-15-28-16-19-30(20-17-28)32-23-22-31-24-29(8-6-4-2)18-21-33(31)25-32/h4,16-27H,2-3,5-15H2,1H3. The Morgan fingerprint density at radius 1 is 0.697 bits per heavy atom. The summed E-state index contributed by atoms with van der Waals surface area (Å²) in [5, 5.41) is 2.65. The van der Waals surface area contributed by atoms with E-state index in [0.29, 0.717) is 0 Å². The summed E-state index contributed by atoms with van der Waals surface area (Å²) >= 11 is 0. The third-order valence-electron chi connectivity index (χ3n) is 7.85. The molecule has 0 amide bonds. The highest BCUT2D eigenvalue weighted by atomic mass is 14.3. The summed E-state index contributed by atoms with van der Waals surface area (Å²) in [7, 11) is 0. The van der Waals surface area contributed by atoms with Gasteiger partial charge in [0.05, 0.1) is 0 Å². The van der Waals surface area contributed by atoms with Gasteiger partial charge in [0.15, 0.2) is 0 Å². The van der Waals surface area contributed by atoms with Crippen LogP contribution in [0.1, 0.15) is 82.3 Å². The monoisotopic (exact) mass is 438 g/mol. The second-order valence-corrected chi connectivity index (χ2v) is 10.3. The van der Waals surface area contributed by atoms with E-state index in [0.717, 1.165) is 24.7 Å². The highest BCUT2D eigenvalue weighted by molar-refractivity contribution is 5.87. The number of aryl methyl sites for hydroxylation is 2. The van der Waals surface area contributed by atoms with E-state index < -0.39 is 0 Å². The van der Waals surface area contributed by atoms with Crippen LogP contribution < -0.4 is 0 Å². The molecule has 0 unspecified atom stereocenters. The van der Waals surface area contributed by atoms with Gasteiger partial charge >= 0.3 is 0 Å². The third-order valence-corrected chi connectivity index (χ3v) is 7.85. The van der Waals surface area contributed by atoms with Gasteiger partial charge in [0.1, 0.15) is 0 Å². The fourth-order valence-electron chi connectivity index (χ4n) is 5.63. The molecule has 0 spiro atoms. The highest BCUT2D eigenvalue weighted by Crippen LogP contribution is 2.34. The molecule has 4 rings (SSSR count). The molecule has 0 radical (unpaired) electrons. The fraction of sp³-hybridized carbons (Fsp3) is 0.455. The number of rotatable bonds is 11. The molecule has 0 saturated heterocycles. The van der Waals surface area contributed by atoms with Crippen LogP contribution in [0.15, 0.2) is 73.3 Å². The number of fused-ring (bicyclic) bond motifs is 1. The van der Waals surface area contributed by atoms with E-state index in [1.54, 1.807) is 0 Å². The van der Waals surface area contributed by atoms with Gasteiger partial charge in [0.2, 0.25) is 0 Å². The van der Waals surface area contributed by atoms with Crippen molar-refractivity contribution in [1.82, 2.24) is 0 Å². The van der Waals surface area contributed by atoms with Crippen LogP contribution in [-0.2, 0) is 12.8 Å². The summed E-state index contributed by atoms with van der Waals surface area (Å²) < 4.78 is 0. The molecule has 0 aromatic heterocycles. The van der Waals surface area contributed by atoms with Crippen LogP contribution in [0.25, 0.3) is 21.9 Å². The molecule has 1 aliphatic rings. The molecule has 0 heteroatoms. The zero-order chi connectivity index (χ0) is 22.9. The number of hydrogen-bond acceptors (Lipinski definition) is 0. The Morgan fingerprint density at radius 3 is 2.06 bits per heavy atom. The normalized spacial score (nSPS) is 18.5. The molecule has 0 atom stereocenters. The molecule has 3 aromatic carbocycles. The van der Waals surface area contributed by atoms with E-state index in [2.05, 4.69) is 74.2 Å². The van der Waals surface area contributed by atoms with Crippen molar-refractivity contribution in [3.05, 3.63) is 84.4 Å². The Balaban J connectivity index is 1.29. The summed E-state index contributed by atoms with van der Waals surface area (Å²) in [6.45, 7) is 6.15. The van der Waals surface area contributed by atoms with Crippen molar-refractivity contribution in [3.63, 3.8) is 0 Å². The zero-order valence-corrected chi connectivity index (χ0v) is 20.7. The lowest BCUT2D eigenvalue weighted by atomic mass is 9.78. The van der Waals surface area contributed by atoms with Gasteiger partial charge in [-0.2, -0.15) is 0 Å². The van der Waals surface area contributed by atoms with Crippen LogP contribution in [0.3, 0.4) is 0 Å². The molecule has 1 fully saturated rings. The predicted molar refractivity (Wildman–Crippen MR) is 146 cm³/mol. The van der Waals surface area contributed by atoms with Crippen LogP contribution >= 0.6 is 0 Å². The van der Waals surface area contributed by atoms with Crippen molar-refractivity contribution >= 4 is 10.8 Å². The summed E-state index contributed by atoms with van der Waals surface area (Å²) in [5.74, 6) is 1.97. The quantitative estimate of drug-likeness (QED) is 0.206. The second-order valence-electron chi connectivity index (χ2n) is 10.3. The first-order valence-corrected chi connectivity index (χ1v) is 13.5. The van der Waals surface area contributed by atoms with Crippen molar-refractivity contribution in [2.75, 3.05) is 0 Å². The van der Waals surface area contributed by atoms with Gasteiger partial charge in [0, 0.05) is 0 Å². The Hall–Kier alpha value is -2.34. The Morgan fingerprint density at radius 2 is 1.33 bits per heavy atom. The molecule has 3 aromatic rings. The van der Waals surface area contributed by atoms with E-state index in [1.165, 1.54) is 97.2 Å².